The van der Waals surface area contributed by atoms with Crippen molar-refractivity contribution in [3.63, 3.8) is 0 Å². The Morgan fingerprint density at radius 2 is 1.79 bits per heavy atom. The Bertz CT molecular complexity index is 603. The summed E-state index contributed by atoms with van der Waals surface area (Å²) in [5.74, 6) is 0.763. The van der Waals surface area contributed by atoms with Gasteiger partial charge in [0.2, 0.25) is 0 Å². The van der Waals surface area contributed by atoms with Crippen molar-refractivity contribution in [3.8, 4) is 11.8 Å². The number of pyridine rings is 1. The van der Waals surface area contributed by atoms with Crippen LogP contribution < -0.4 is 10.2 Å². The summed E-state index contributed by atoms with van der Waals surface area (Å²) in [7, 11) is 0. The Labute approximate surface area is 111 Å². The number of nitriles is 1. The maximum atomic E-state index is 10.9. The zero-order valence-electron chi connectivity index (χ0n) is 10.5. The lowest BCUT2D eigenvalue weighted by Gasteiger charge is -2.07. The Kier molecular flexibility index (Phi) is 4.35. The lowest BCUT2D eigenvalue weighted by molar-refractivity contribution is 0.301. The molecule has 0 atom stereocenters. The molecule has 0 unspecified atom stereocenters. The van der Waals surface area contributed by atoms with Crippen LogP contribution in [0.4, 0.5) is 0 Å². The van der Waals surface area contributed by atoms with E-state index in [9.17, 15) is 4.79 Å². The summed E-state index contributed by atoms with van der Waals surface area (Å²) in [5, 5.41) is 8.67. The third kappa shape index (κ3) is 4.00. The Morgan fingerprint density at radius 1 is 1.11 bits per heavy atom. The molecule has 1 heterocycles. The minimum atomic E-state index is 0.0186. The van der Waals surface area contributed by atoms with Crippen molar-refractivity contribution in [1.29, 1.82) is 5.26 Å². The zero-order chi connectivity index (χ0) is 13.5. The number of hydrogen-bond acceptors (Lipinski definition) is 3. The Hall–Kier alpha value is -2.54. The molecule has 1 aromatic carbocycles. The first-order valence-corrected chi connectivity index (χ1v) is 6.07. The van der Waals surface area contributed by atoms with Crippen molar-refractivity contribution in [2.24, 2.45) is 0 Å². The van der Waals surface area contributed by atoms with Gasteiger partial charge in [-0.3, -0.25) is 4.79 Å². The van der Waals surface area contributed by atoms with E-state index in [2.05, 4.69) is 6.07 Å². The van der Waals surface area contributed by atoms with Crippen LogP contribution in [-0.2, 0) is 6.54 Å². The molecule has 0 radical (unpaired) electrons. The van der Waals surface area contributed by atoms with E-state index in [0.717, 1.165) is 18.7 Å². The molecule has 0 amide bonds. The highest BCUT2D eigenvalue weighted by Gasteiger charge is 1.95. The van der Waals surface area contributed by atoms with Gasteiger partial charge in [0.1, 0.15) is 5.75 Å². The summed E-state index contributed by atoms with van der Waals surface area (Å²) in [6, 6.07) is 12.2. The Balaban J connectivity index is 1.76. The van der Waals surface area contributed by atoms with Gasteiger partial charge in [0.15, 0.2) is 5.43 Å². The predicted octanol–water partition coefficient (Wildman–Crippen LogP) is 2.19. The third-order valence-electron chi connectivity index (χ3n) is 2.67. The van der Waals surface area contributed by atoms with Gasteiger partial charge in [-0.25, -0.2) is 0 Å². The molecule has 4 heteroatoms. The fourth-order valence-electron chi connectivity index (χ4n) is 1.66. The fourth-order valence-corrected chi connectivity index (χ4v) is 1.66. The maximum absolute atomic E-state index is 10.9. The molecule has 0 aliphatic heterocycles. The van der Waals surface area contributed by atoms with Crippen LogP contribution in [0.1, 0.15) is 12.0 Å². The number of aromatic nitrogens is 1. The SMILES string of the molecule is N#Cc1ccc(OCCCn2ccc(=O)cc2)cc1. The van der Waals surface area contributed by atoms with E-state index in [1.807, 2.05) is 4.57 Å². The van der Waals surface area contributed by atoms with Crippen LogP contribution in [0.15, 0.2) is 53.6 Å². The van der Waals surface area contributed by atoms with Crippen molar-refractivity contribution in [1.82, 2.24) is 4.57 Å². The standard InChI is InChI=1S/C15H14N2O2/c16-12-13-2-4-15(5-3-13)19-11-1-8-17-9-6-14(18)7-10-17/h2-7,9-10H,1,8,11H2. The minimum Gasteiger partial charge on any atom is -0.494 e. The first-order chi connectivity index (χ1) is 9.28. The highest BCUT2D eigenvalue weighted by atomic mass is 16.5. The number of aryl methyl sites for hydroxylation is 1. The second-order valence-corrected chi connectivity index (χ2v) is 4.11. The van der Waals surface area contributed by atoms with Crippen LogP contribution in [0.25, 0.3) is 0 Å². The monoisotopic (exact) mass is 254 g/mol. The molecule has 0 aliphatic carbocycles. The first-order valence-electron chi connectivity index (χ1n) is 6.07. The molecule has 4 nitrogen and oxygen atoms in total. The van der Waals surface area contributed by atoms with Crippen molar-refractivity contribution in [2.45, 2.75) is 13.0 Å². The normalized spacial score (nSPS) is 9.84. The van der Waals surface area contributed by atoms with Crippen LogP contribution in [0.3, 0.4) is 0 Å². The molecular weight excluding hydrogens is 240 g/mol. The summed E-state index contributed by atoms with van der Waals surface area (Å²) in [6.07, 6.45) is 4.39. The van der Waals surface area contributed by atoms with Crippen LogP contribution in [0.2, 0.25) is 0 Å². The maximum Gasteiger partial charge on any atom is 0.181 e. The smallest absolute Gasteiger partial charge is 0.181 e. The quantitative estimate of drug-likeness (QED) is 0.768. The van der Waals surface area contributed by atoms with Crippen molar-refractivity contribution in [2.75, 3.05) is 6.61 Å². The molecule has 2 aromatic rings. The second kappa shape index (κ2) is 6.41. The lowest BCUT2D eigenvalue weighted by Crippen LogP contribution is -2.07. The van der Waals surface area contributed by atoms with Crippen LogP contribution in [0, 0.1) is 11.3 Å². The van der Waals surface area contributed by atoms with E-state index < -0.39 is 0 Å². The zero-order valence-corrected chi connectivity index (χ0v) is 10.5. The van der Waals surface area contributed by atoms with E-state index >= 15 is 0 Å². The van der Waals surface area contributed by atoms with Crippen molar-refractivity contribution >= 4 is 0 Å². The molecule has 0 N–H and O–H groups in total. The summed E-state index contributed by atoms with van der Waals surface area (Å²) in [6.45, 7) is 1.40. The fraction of sp³-hybridized carbons (Fsp3) is 0.200. The minimum absolute atomic E-state index is 0.0186. The summed E-state index contributed by atoms with van der Waals surface area (Å²) in [4.78, 5) is 10.9. The molecule has 0 aliphatic rings. The molecule has 0 fully saturated rings. The second-order valence-electron chi connectivity index (χ2n) is 4.11. The molecule has 0 bridgehead atoms. The Morgan fingerprint density at radius 3 is 2.42 bits per heavy atom. The molecule has 0 saturated heterocycles. The number of nitrogens with zero attached hydrogens (tertiary/aromatic N) is 2. The topological polar surface area (TPSA) is 55.0 Å². The average molecular weight is 254 g/mol. The molecule has 96 valence electrons. The van der Waals surface area contributed by atoms with Crippen molar-refractivity contribution < 1.29 is 4.74 Å². The lowest BCUT2D eigenvalue weighted by atomic mass is 10.2. The van der Waals surface area contributed by atoms with Gasteiger partial charge in [-0.05, 0) is 30.7 Å². The van der Waals surface area contributed by atoms with E-state index in [1.165, 1.54) is 0 Å². The average Bonchev–Trinajstić information content (AvgIpc) is 2.46. The molecule has 0 spiro atoms. The largest absolute Gasteiger partial charge is 0.494 e. The van der Waals surface area contributed by atoms with Gasteiger partial charge in [-0.15, -0.1) is 0 Å². The number of rotatable bonds is 5. The van der Waals surface area contributed by atoms with Gasteiger partial charge in [0, 0.05) is 31.1 Å². The molecule has 0 saturated carbocycles. The summed E-state index contributed by atoms with van der Waals surface area (Å²) >= 11 is 0. The van der Waals surface area contributed by atoms with Gasteiger partial charge in [-0.2, -0.15) is 5.26 Å². The highest BCUT2D eigenvalue weighted by molar-refractivity contribution is 5.34. The van der Waals surface area contributed by atoms with Crippen LogP contribution in [-0.4, -0.2) is 11.2 Å². The molecule has 2 rings (SSSR count). The van der Waals surface area contributed by atoms with Gasteiger partial charge in [0.25, 0.3) is 0 Å². The van der Waals surface area contributed by atoms with Gasteiger partial charge in [-0.1, -0.05) is 0 Å². The van der Waals surface area contributed by atoms with Crippen LogP contribution >= 0.6 is 0 Å². The van der Waals surface area contributed by atoms with E-state index in [0.29, 0.717) is 12.2 Å². The number of benzene rings is 1. The van der Waals surface area contributed by atoms with E-state index in [1.54, 1.807) is 48.8 Å². The third-order valence-corrected chi connectivity index (χ3v) is 2.67. The van der Waals surface area contributed by atoms with Gasteiger partial charge >= 0.3 is 0 Å². The number of ether oxygens (including phenoxy) is 1. The molecule has 1 aromatic heterocycles. The van der Waals surface area contributed by atoms with Crippen LogP contribution in [0.5, 0.6) is 5.75 Å². The first kappa shape index (κ1) is 12.9. The predicted molar refractivity (Wildman–Crippen MR) is 72.0 cm³/mol. The highest BCUT2D eigenvalue weighted by Crippen LogP contribution is 2.11. The van der Waals surface area contributed by atoms with Gasteiger partial charge in [0.05, 0.1) is 18.2 Å². The number of hydrogen-bond donors (Lipinski definition) is 0. The summed E-state index contributed by atoms with van der Waals surface area (Å²) in [5.41, 5.74) is 0.644. The van der Waals surface area contributed by atoms with Gasteiger partial charge < -0.3 is 9.30 Å². The van der Waals surface area contributed by atoms with E-state index in [4.69, 9.17) is 10.00 Å². The van der Waals surface area contributed by atoms with Crippen molar-refractivity contribution in [3.05, 3.63) is 64.6 Å². The summed E-state index contributed by atoms with van der Waals surface area (Å²) < 4.78 is 7.51. The molecule has 19 heavy (non-hydrogen) atoms. The molecular formula is C15H14N2O2. The van der Waals surface area contributed by atoms with E-state index in [-0.39, 0.29) is 5.43 Å².